The minimum absolute atomic E-state index is 0.241. The highest BCUT2D eigenvalue weighted by atomic mass is 16.2. The second kappa shape index (κ2) is 5.19. The topological polar surface area (TPSA) is 35.6 Å². The summed E-state index contributed by atoms with van der Waals surface area (Å²) in [5.41, 5.74) is 0. The van der Waals surface area contributed by atoms with Crippen LogP contribution >= 0.6 is 0 Å². The molecule has 0 spiro atoms. The Kier molecular flexibility index (Phi) is 4.18. The summed E-state index contributed by atoms with van der Waals surface area (Å²) >= 11 is 0. The van der Waals surface area contributed by atoms with Crippen LogP contribution in [-0.4, -0.2) is 56.1 Å². The molecule has 4 heteroatoms. The van der Waals surface area contributed by atoms with Crippen molar-refractivity contribution >= 4 is 5.91 Å². The lowest BCUT2D eigenvalue weighted by Gasteiger charge is -2.15. The summed E-state index contributed by atoms with van der Waals surface area (Å²) in [5, 5.41) is 3.04. The van der Waals surface area contributed by atoms with E-state index >= 15 is 0 Å². The number of nitrogens with one attached hydrogen (secondary N) is 1. The first-order valence-corrected chi connectivity index (χ1v) is 4.83. The molecule has 1 rings (SSSR count). The zero-order valence-electron chi connectivity index (χ0n) is 8.55. The molecule has 1 aliphatic rings. The Morgan fingerprint density at radius 2 is 2.23 bits per heavy atom. The molecule has 0 aromatic heterocycles. The lowest BCUT2D eigenvalue weighted by atomic mass is 10.3. The molecule has 13 heavy (non-hydrogen) atoms. The standard InChI is InChI=1S/C9H19N3O/c1-11(2)5-3-4-6-12-8-10-7-9(12)13/h10H,3-8H2,1-2H3. The molecule has 0 aromatic carbocycles. The van der Waals surface area contributed by atoms with Gasteiger partial charge in [-0.3, -0.25) is 10.1 Å². The molecular weight excluding hydrogens is 166 g/mol. The van der Waals surface area contributed by atoms with Crippen molar-refractivity contribution in [2.75, 3.05) is 40.4 Å². The number of amides is 1. The highest BCUT2D eigenvalue weighted by Crippen LogP contribution is 1.99. The normalized spacial score (nSPS) is 17.5. The van der Waals surface area contributed by atoms with Gasteiger partial charge >= 0.3 is 0 Å². The van der Waals surface area contributed by atoms with Crippen molar-refractivity contribution < 1.29 is 4.79 Å². The van der Waals surface area contributed by atoms with Gasteiger partial charge in [0.25, 0.3) is 0 Å². The average molecular weight is 185 g/mol. The van der Waals surface area contributed by atoms with Gasteiger partial charge in [-0.15, -0.1) is 0 Å². The van der Waals surface area contributed by atoms with E-state index in [9.17, 15) is 4.79 Å². The molecular formula is C9H19N3O. The predicted octanol–water partition coefficient (Wildman–Crippen LogP) is -0.282. The average Bonchev–Trinajstić information content (AvgIpc) is 2.45. The number of rotatable bonds is 5. The second-order valence-corrected chi connectivity index (χ2v) is 3.75. The summed E-state index contributed by atoms with van der Waals surface area (Å²) in [7, 11) is 4.14. The summed E-state index contributed by atoms with van der Waals surface area (Å²) < 4.78 is 0. The Morgan fingerprint density at radius 3 is 2.77 bits per heavy atom. The summed E-state index contributed by atoms with van der Waals surface area (Å²) in [6, 6.07) is 0. The third-order valence-corrected chi connectivity index (χ3v) is 2.21. The molecule has 0 bridgehead atoms. The summed E-state index contributed by atoms with van der Waals surface area (Å²) in [6.07, 6.45) is 2.27. The van der Waals surface area contributed by atoms with Gasteiger partial charge in [0.1, 0.15) is 0 Å². The number of carbonyl (C=O) groups is 1. The monoisotopic (exact) mass is 185 g/mol. The first kappa shape index (κ1) is 10.5. The fraction of sp³-hybridized carbons (Fsp3) is 0.889. The smallest absolute Gasteiger partial charge is 0.237 e. The molecule has 0 unspecified atom stereocenters. The van der Waals surface area contributed by atoms with Crippen LogP contribution in [0.5, 0.6) is 0 Å². The van der Waals surface area contributed by atoms with Crippen LogP contribution in [0.15, 0.2) is 0 Å². The third-order valence-electron chi connectivity index (χ3n) is 2.21. The Morgan fingerprint density at radius 1 is 1.46 bits per heavy atom. The van der Waals surface area contributed by atoms with Crippen LogP contribution in [0.2, 0.25) is 0 Å². The zero-order valence-corrected chi connectivity index (χ0v) is 8.55. The largest absolute Gasteiger partial charge is 0.329 e. The molecule has 0 radical (unpaired) electrons. The Hall–Kier alpha value is -0.610. The van der Waals surface area contributed by atoms with Crippen molar-refractivity contribution in [3.63, 3.8) is 0 Å². The lowest BCUT2D eigenvalue weighted by molar-refractivity contribution is -0.126. The van der Waals surface area contributed by atoms with E-state index < -0.39 is 0 Å². The molecule has 1 saturated heterocycles. The van der Waals surface area contributed by atoms with Crippen molar-refractivity contribution in [1.82, 2.24) is 15.1 Å². The van der Waals surface area contributed by atoms with E-state index in [4.69, 9.17) is 0 Å². The van der Waals surface area contributed by atoms with Crippen LogP contribution in [0.3, 0.4) is 0 Å². The summed E-state index contributed by atoms with van der Waals surface area (Å²) in [4.78, 5) is 15.2. The van der Waals surface area contributed by atoms with Gasteiger partial charge in [-0.1, -0.05) is 0 Å². The van der Waals surface area contributed by atoms with E-state index in [2.05, 4.69) is 24.3 Å². The van der Waals surface area contributed by atoms with Gasteiger partial charge in [0.05, 0.1) is 13.2 Å². The molecule has 1 heterocycles. The molecule has 1 N–H and O–H groups in total. The lowest BCUT2D eigenvalue weighted by Crippen LogP contribution is -2.27. The Balaban J connectivity index is 2.02. The second-order valence-electron chi connectivity index (χ2n) is 3.75. The van der Waals surface area contributed by atoms with Crippen LogP contribution in [0.25, 0.3) is 0 Å². The summed E-state index contributed by atoms with van der Waals surface area (Å²) in [5.74, 6) is 0.241. The number of carbonyl (C=O) groups excluding carboxylic acids is 1. The first-order chi connectivity index (χ1) is 6.20. The Labute approximate surface area is 79.9 Å². The van der Waals surface area contributed by atoms with Gasteiger partial charge in [-0.25, -0.2) is 0 Å². The van der Waals surface area contributed by atoms with Crippen molar-refractivity contribution in [2.24, 2.45) is 0 Å². The minimum Gasteiger partial charge on any atom is -0.329 e. The maximum atomic E-state index is 11.2. The van der Waals surface area contributed by atoms with E-state index in [1.165, 1.54) is 0 Å². The molecule has 1 amide bonds. The van der Waals surface area contributed by atoms with Gasteiger partial charge in [0.2, 0.25) is 5.91 Å². The molecule has 4 nitrogen and oxygen atoms in total. The Bertz CT molecular complexity index is 170. The molecule has 0 saturated carbocycles. The van der Waals surface area contributed by atoms with E-state index in [0.717, 1.165) is 32.6 Å². The molecule has 0 aromatic rings. The fourth-order valence-corrected chi connectivity index (χ4v) is 1.43. The zero-order chi connectivity index (χ0) is 9.68. The number of nitrogens with zero attached hydrogens (tertiary/aromatic N) is 2. The molecule has 1 fully saturated rings. The first-order valence-electron chi connectivity index (χ1n) is 4.83. The van der Waals surface area contributed by atoms with Gasteiger partial charge < -0.3 is 9.80 Å². The maximum Gasteiger partial charge on any atom is 0.237 e. The van der Waals surface area contributed by atoms with E-state index in [0.29, 0.717) is 6.54 Å². The van der Waals surface area contributed by atoms with Gasteiger partial charge in [-0.2, -0.15) is 0 Å². The van der Waals surface area contributed by atoms with Crippen LogP contribution in [-0.2, 0) is 4.79 Å². The molecule has 1 aliphatic heterocycles. The highest BCUT2D eigenvalue weighted by Gasteiger charge is 2.17. The van der Waals surface area contributed by atoms with Gasteiger partial charge in [0.15, 0.2) is 0 Å². The molecule has 0 aliphatic carbocycles. The van der Waals surface area contributed by atoms with Gasteiger partial charge in [0, 0.05) is 6.54 Å². The van der Waals surface area contributed by atoms with E-state index in [-0.39, 0.29) is 5.91 Å². The van der Waals surface area contributed by atoms with Crippen LogP contribution in [0.1, 0.15) is 12.8 Å². The van der Waals surface area contributed by atoms with Crippen molar-refractivity contribution in [2.45, 2.75) is 12.8 Å². The van der Waals surface area contributed by atoms with Crippen molar-refractivity contribution in [3.8, 4) is 0 Å². The maximum absolute atomic E-state index is 11.2. The molecule has 76 valence electrons. The van der Waals surface area contributed by atoms with Crippen molar-refractivity contribution in [1.29, 1.82) is 0 Å². The van der Waals surface area contributed by atoms with E-state index in [1.807, 2.05) is 4.90 Å². The summed E-state index contributed by atoms with van der Waals surface area (Å²) in [6.45, 7) is 3.27. The number of unbranched alkanes of at least 4 members (excludes halogenated alkanes) is 1. The highest BCUT2D eigenvalue weighted by molar-refractivity contribution is 5.79. The molecule has 0 atom stereocenters. The van der Waals surface area contributed by atoms with Crippen LogP contribution < -0.4 is 5.32 Å². The predicted molar refractivity (Wildman–Crippen MR) is 52.4 cm³/mol. The van der Waals surface area contributed by atoms with Crippen LogP contribution in [0, 0.1) is 0 Å². The minimum atomic E-state index is 0.241. The number of hydrogen-bond donors (Lipinski definition) is 1. The quantitative estimate of drug-likeness (QED) is 0.598. The fourth-order valence-electron chi connectivity index (χ4n) is 1.43. The van der Waals surface area contributed by atoms with Crippen LogP contribution in [0.4, 0.5) is 0 Å². The SMILES string of the molecule is CN(C)CCCCN1CNCC1=O. The third kappa shape index (κ3) is 3.74. The number of hydrogen-bond acceptors (Lipinski definition) is 3. The van der Waals surface area contributed by atoms with E-state index in [1.54, 1.807) is 0 Å². The van der Waals surface area contributed by atoms with Gasteiger partial charge in [-0.05, 0) is 33.5 Å². The van der Waals surface area contributed by atoms with Crippen molar-refractivity contribution in [3.05, 3.63) is 0 Å².